The molecule has 0 amide bonds. The third kappa shape index (κ3) is 10.8. The van der Waals surface area contributed by atoms with Crippen molar-refractivity contribution in [2.75, 3.05) is 13.2 Å². The summed E-state index contributed by atoms with van der Waals surface area (Å²) in [5.41, 5.74) is 6.99. The summed E-state index contributed by atoms with van der Waals surface area (Å²) in [5, 5.41) is 17.9. The van der Waals surface area contributed by atoms with Crippen LogP contribution in [0.25, 0.3) is 0 Å². The zero-order chi connectivity index (χ0) is 13.7. The molecule has 4 nitrogen and oxygen atoms in total. The second-order valence-corrected chi connectivity index (χ2v) is 4.86. The molecule has 1 aromatic rings. The molecule has 2 N–H and O–H groups in total. The van der Waals surface area contributed by atoms with Gasteiger partial charge in [0.1, 0.15) is 0 Å². The minimum atomic E-state index is 0. The minimum absolute atomic E-state index is 0. The molecule has 0 spiro atoms. The molecule has 0 saturated carbocycles. The number of hydrogen-bond acceptors (Lipinski definition) is 4. The molecule has 17 heavy (non-hydrogen) atoms. The maximum absolute atomic E-state index is 8.93. The van der Waals surface area contributed by atoms with Gasteiger partial charge in [-0.05, 0) is 0 Å². The Morgan fingerprint density at radius 2 is 1.82 bits per heavy atom. The first-order valence-corrected chi connectivity index (χ1v) is 8.09. The fourth-order valence-electron chi connectivity index (χ4n) is 1.11. The van der Waals surface area contributed by atoms with Crippen LogP contribution in [0.3, 0.4) is 0 Å². The SMILES string of the molecule is CC(N)c1occc1C[CH2][SnH+2].CC[O-].CC[O-]. The molecular formula is C12H23NO3Sn. The van der Waals surface area contributed by atoms with Crippen molar-refractivity contribution in [3.05, 3.63) is 23.7 Å². The first-order valence-electron chi connectivity index (χ1n) is 5.76. The van der Waals surface area contributed by atoms with Crippen LogP contribution in [-0.4, -0.2) is 35.7 Å². The summed E-state index contributed by atoms with van der Waals surface area (Å²) in [4.78, 5) is 0. The van der Waals surface area contributed by atoms with Crippen molar-refractivity contribution in [2.45, 2.75) is 37.7 Å². The molecule has 1 rings (SSSR count). The fourth-order valence-corrected chi connectivity index (χ4v) is 2.00. The van der Waals surface area contributed by atoms with Gasteiger partial charge in [0, 0.05) is 0 Å². The zero-order valence-corrected chi connectivity index (χ0v) is 14.2. The third-order valence-corrected chi connectivity index (χ3v) is 2.43. The molecule has 1 atom stereocenters. The summed E-state index contributed by atoms with van der Waals surface area (Å²) in [6.45, 7) is 5.09. The average molecular weight is 348 g/mol. The summed E-state index contributed by atoms with van der Waals surface area (Å²) in [6.07, 6.45) is 2.85. The second-order valence-electron chi connectivity index (χ2n) is 3.21. The van der Waals surface area contributed by atoms with Gasteiger partial charge in [-0.2, -0.15) is 0 Å². The molecule has 0 radical (unpaired) electrons. The molecule has 1 aromatic heterocycles. The van der Waals surface area contributed by atoms with Gasteiger partial charge in [0.15, 0.2) is 0 Å². The van der Waals surface area contributed by atoms with Crippen molar-refractivity contribution in [2.24, 2.45) is 5.73 Å². The quantitative estimate of drug-likeness (QED) is 0.773. The molecule has 1 heterocycles. The van der Waals surface area contributed by atoms with Crippen LogP contribution in [0.15, 0.2) is 16.7 Å². The Bertz CT molecular complexity index is 250. The first kappa shape index (κ1) is 19.3. The van der Waals surface area contributed by atoms with E-state index >= 15 is 0 Å². The Kier molecular flexibility index (Phi) is 15.9. The Morgan fingerprint density at radius 3 is 2.18 bits per heavy atom. The van der Waals surface area contributed by atoms with E-state index in [0.29, 0.717) is 0 Å². The number of aryl methyl sites for hydroxylation is 1. The van der Waals surface area contributed by atoms with Crippen LogP contribution >= 0.6 is 0 Å². The van der Waals surface area contributed by atoms with E-state index in [4.69, 9.17) is 20.4 Å². The molecule has 0 aromatic carbocycles. The molecule has 1 unspecified atom stereocenters. The van der Waals surface area contributed by atoms with Gasteiger partial charge in [-0.3, -0.25) is 0 Å². The number of hydrogen-bond donors (Lipinski definition) is 1. The molecule has 0 saturated heterocycles. The van der Waals surface area contributed by atoms with Crippen molar-refractivity contribution >= 4 is 22.5 Å². The van der Waals surface area contributed by atoms with Gasteiger partial charge in [0.2, 0.25) is 0 Å². The third-order valence-electron chi connectivity index (χ3n) is 1.61. The van der Waals surface area contributed by atoms with Gasteiger partial charge < -0.3 is 10.2 Å². The summed E-state index contributed by atoms with van der Waals surface area (Å²) < 4.78 is 6.54. The van der Waals surface area contributed by atoms with Crippen LogP contribution in [0.1, 0.15) is 38.1 Å². The largest absolute Gasteiger partial charge is 0.855 e. The Hall–Kier alpha value is -0.0413. The van der Waals surface area contributed by atoms with Crippen LogP contribution in [0.5, 0.6) is 0 Å². The molecule has 0 aliphatic carbocycles. The molecule has 0 bridgehead atoms. The van der Waals surface area contributed by atoms with E-state index in [-0.39, 0.29) is 19.3 Å². The summed E-state index contributed by atoms with van der Waals surface area (Å²) in [7, 11) is 0. The maximum atomic E-state index is 8.93. The number of furan rings is 1. The van der Waals surface area contributed by atoms with E-state index in [1.165, 1.54) is 32.5 Å². The van der Waals surface area contributed by atoms with Crippen molar-refractivity contribution in [1.29, 1.82) is 0 Å². The standard InChI is InChI=1S/C8H12NO.2C2H5O.Sn.H/c1-3-7-4-5-10-8(7)6(2)9;2*1-2-3;;/h4-6H,1,3,9H2,2H3;2*2H2,1H3;;/q;2*-1;+2;. The maximum Gasteiger partial charge on any atom is -0.0809 e. The van der Waals surface area contributed by atoms with Crippen molar-refractivity contribution < 1.29 is 14.6 Å². The number of rotatable bonds is 3. The van der Waals surface area contributed by atoms with Gasteiger partial charge >= 0.3 is 80.2 Å². The van der Waals surface area contributed by atoms with E-state index in [0.717, 1.165) is 12.2 Å². The van der Waals surface area contributed by atoms with E-state index in [1.807, 2.05) is 13.0 Å². The van der Waals surface area contributed by atoms with Crippen molar-refractivity contribution in [3.8, 4) is 0 Å². The van der Waals surface area contributed by atoms with Crippen molar-refractivity contribution in [1.82, 2.24) is 0 Å². The van der Waals surface area contributed by atoms with Gasteiger partial charge in [-0.25, -0.2) is 0 Å². The van der Waals surface area contributed by atoms with Gasteiger partial charge in [0.05, 0.1) is 0 Å². The zero-order valence-electron chi connectivity index (χ0n) is 10.9. The van der Waals surface area contributed by atoms with Crippen LogP contribution < -0.4 is 15.9 Å². The predicted molar refractivity (Wildman–Crippen MR) is 68.1 cm³/mol. The first-order chi connectivity index (χ1) is 8.08. The molecular weight excluding hydrogens is 325 g/mol. The van der Waals surface area contributed by atoms with Crippen LogP contribution in [0.2, 0.25) is 4.44 Å². The van der Waals surface area contributed by atoms with Crippen LogP contribution in [-0.2, 0) is 6.42 Å². The Labute approximate surface area is 117 Å². The van der Waals surface area contributed by atoms with E-state index in [1.54, 1.807) is 20.1 Å². The minimum Gasteiger partial charge on any atom is -0.855 e. The Morgan fingerprint density at radius 1 is 1.35 bits per heavy atom. The summed E-state index contributed by atoms with van der Waals surface area (Å²) in [6, 6.07) is 2.06. The van der Waals surface area contributed by atoms with Gasteiger partial charge in [-0.15, -0.1) is 13.2 Å². The average Bonchev–Trinajstić information content (AvgIpc) is 2.69. The van der Waals surface area contributed by atoms with E-state index in [2.05, 4.69) is 0 Å². The molecule has 0 aliphatic rings. The second kappa shape index (κ2) is 14.0. The smallest absolute Gasteiger partial charge is 0.0809 e. The Balaban J connectivity index is 0. The van der Waals surface area contributed by atoms with Crippen LogP contribution in [0.4, 0.5) is 0 Å². The molecule has 5 heteroatoms. The fraction of sp³-hybridized carbons (Fsp3) is 0.667. The van der Waals surface area contributed by atoms with Crippen molar-refractivity contribution in [3.63, 3.8) is 0 Å². The van der Waals surface area contributed by atoms with Gasteiger partial charge in [0.25, 0.3) is 0 Å². The topological polar surface area (TPSA) is 85.3 Å². The van der Waals surface area contributed by atoms with Gasteiger partial charge in [-0.1, -0.05) is 13.8 Å². The van der Waals surface area contributed by atoms with E-state index in [9.17, 15) is 0 Å². The molecule has 98 valence electrons. The van der Waals surface area contributed by atoms with Crippen LogP contribution in [0, 0.1) is 0 Å². The summed E-state index contributed by atoms with van der Waals surface area (Å²) >= 11 is 1.30. The monoisotopic (exact) mass is 349 g/mol. The molecule has 0 aliphatic heterocycles. The van der Waals surface area contributed by atoms with E-state index < -0.39 is 0 Å². The number of nitrogens with two attached hydrogens (primary N) is 1. The normalized spacial score (nSPS) is 10.6. The predicted octanol–water partition coefficient (Wildman–Crippen LogP) is -0.106. The molecule has 0 fully saturated rings. The summed E-state index contributed by atoms with van der Waals surface area (Å²) in [5.74, 6) is 0.958.